The number of carbonyl (C=O) groups excluding carboxylic acids is 1. The molecule has 1 atom stereocenters. The Morgan fingerprint density at radius 3 is 2.77 bits per heavy atom. The monoisotopic (exact) mass is 301 g/mol. The van der Waals surface area contributed by atoms with Crippen molar-refractivity contribution in [2.45, 2.75) is 39.8 Å². The highest BCUT2D eigenvalue weighted by atomic mass is 16.5. The molecule has 0 saturated heterocycles. The van der Waals surface area contributed by atoms with E-state index in [-0.39, 0.29) is 11.9 Å². The van der Waals surface area contributed by atoms with Crippen LogP contribution in [0.4, 0.5) is 0 Å². The number of hydrogen-bond acceptors (Lipinski definition) is 3. The first-order valence-corrected chi connectivity index (χ1v) is 7.42. The quantitative estimate of drug-likeness (QED) is 0.892. The summed E-state index contributed by atoms with van der Waals surface area (Å²) in [6, 6.07) is 9.75. The van der Waals surface area contributed by atoms with E-state index in [0.29, 0.717) is 13.0 Å². The maximum Gasteiger partial charge on any atom is 0.222 e. The maximum atomic E-state index is 12.1. The summed E-state index contributed by atoms with van der Waals surface area (Å²) in [5.41, 5.74) is 3.07. The average Bonchev–Trinajstić information content (AvgIpc) is 2.84. The number of aromatic nitrogens is 2. The second-order valence-electron chi connectivity index (χ2n) is 5.55. The Labute approximate surface area is 131 Å². The van der Waals surface area contributed by atoms with Crippen molar-refractivity contribution in [3.8, 4) is 5.75 Å². The van der Waals surface area contributed by atoms with Gasteiger partial charge in [-0.3, -0.25) is 9.48 Å². The normalized spacial score (nSPS) is 12.0. The van der Waals surface area contributed by atoms with Crippen LogP contribution in [0.15, 0.2) is 30.3 Å². The third-order valence-electron chi connectivity index (χ3n) is 3.57. The van der Waals surface area contributed by atoms with Gasteiger partial charge in [-0.15, -0.1) is 0 Å². The molecule has 1 heterocycles. The summed E-state index contributed by atoms with van der Waals surface area (Å²) in [5, 5.41) is 7.37. The number of benzene rings is 1. The Bertz CT molecular complexity index is 649. The zero-order valence-electron chi connectivity index (χ0n) is 13.6. The van der Waals surface area contributed by atoms with Crippen LogP contribution in [0.25, 0.3) is 0 Å². The van der Waals surface area contributed by atoms with E-state index in [0.717, 1.165) is 22.7 Å². The molecule has 2 aromatic rings. The number of nitrogens with zero attached hydrogens (tertiary/aromatic N) is 2. The topological polar surface area (TPSA) is 56.1 Å². The number of amides is 1. The zero-order valence-corrected chi connectivity index (χ0v) is 13.6. The molecule has 0 saturated carbocycles. The van der Waals surface area contributed by atoms with E-state index >= 15 is 0 Å². The van der Waals surface area contributed by atoms with Crippen molar-refractivity contribution in [1.29, 1.82) is 0 Å². The molecule has 0 fully saturated rings. The first-order valence-electron chi connectivity index (χ1n) is 7.42. The first-order chi connectivity index (χ1) is 10.5. The molecule has 0 radical (unpaired) electrons. The van der Waals surface area contributed by atoms with Gasteiger partial charge in [-0.1, -0.05) is 12.1 Å². The third-order valence-corrected chi connectivity index (χ3v) is 3.57. The van der Waals surface area contributed by atoms with E-state index in [1.807, 2.05) is 55.8 Å². The number of methoxy groups -OCH3 is 1. The lowest BCUT2D eigenvalue weighted by molar-refractivity contribution is -0.122. The Morgan fingerprint density at radius 2 is 2.14 bits per heavy atom. The van der Waals surface area contributed by atoms with Crippen molar-refractivity contribution in [1.82, 2.24) is 15.1 Å². The molecule has 0 aliphatic carbocycles. The van der Waals surface area contributed by atoms with E-state index in [1.165, 1.54) is 0 Å². The molecule has 1 aromatic carbocycles. The molecular weight excluding hydrogens is 278 g/mol. The van der Waals surface area contributed by atoms with Crippen LogP contribution in [0.2, 0.25) is 0 Å². The van der Waals surface area contributed by atoms with Gasteiger partial charge < -0.3 is 10.1 Å². The van der Waals surface area contributed by atoms with Crippen molar-refractivity contribution in [2.24, 2.45) is 0 Å². The molecule has 0 bridgehead atoms. The van der Waals surface area contributed by atoms with Crippen LogP contribution >= 0.6 is 0 Å². The summed E-state index contributed by atoms with van der Waals surface area (Å²) in [6.45, 7) is 6.47. The van der Waals surface area contributed by atoms with Crippen LogP contribution in [0.3, 0.4) is 0 Å². The van der Waals surface area contributed by atoms with Crippen molar-refractivity contribution in [2.75, 3.05) is 7.11 Å². The largest absolute Gasteiger partial charge is 0.497 e. The van der Waals surface area contributed by atoms with E-state index < -0.39 is 0 Å². The van der Waals surface area contributed by atoms with Crippen molar-refractivity contribution >= 4 is 5.91 Å². The fourth-order valence-electron chi connectivity index (χ4n) is 2.50. The molecule has 0 spiro atoms. The molecule has 1 N–H and O–H groups in total. The Hall–Kier alpha value is -2.30. The minimum atomic E-state index is 0.0165. The van der Waals surface area contributed by atoms with Crippen molar-refractivity contribution in [3.05, 3.63) is 47.3 Å². The minimum absolute atomic E-state index is 0.0165. The van der Waals surface area contributed by atoms with Gasteiger partial charge in [0, 0.05) is 18.7 Å². The van der Waals surface area contributed by atoms with Gasteiger partial charge in [-0.05, 0) is 44.5 Å². The summed E-state index contributed by atoms with van der Waals surface area (Å²) in [6.07, 6.45) is 0.409. The Kier molecular flexibility index (Phi) is 5.20. The Balaban J connectivity index is 1.88. The smallest absolute Gasteiger partial charge is 0.222 e. The van der Waals surface area contributed by atoms with Gasteiger partial charge in [0.1, 0.15) is 5.75 Å². The molecular formula is C17H23N3O2. The summed E-state index contributed by atoms with van der Waals surface area (Å²) in [7, 11) is 1.63. The number of nitrogens with one attached hydrogen (secondary N) is 1. The number of aryl methyl sites for hydroxylation is 2. The minimum Gasteiger partial charge on any atom is -0.497 e. The SMILES string of the molecule is COc1cccc(CNC(=O)CC(C)n2nc(C)cc2C)c1. The van der Waals surface area contributed by atoms with Crippen LogP contribution in [-0.2, 0) is 11.3 Å². The average molecular weight is 301 g/mol. The molecule has 1 amide bonds. The summed E-state index contributed by atoms with van der Waals surface area (Å²) in [4.78, 5) is 12.1. The summed E-state index contributed by atoms with van der Waals surface area (Å²) in [5.74, 6) is 0.811. The van der Waals surface area contributed by atoms with Crippen LogP contribution in [0.1, 0.15) is 36.3 Å². The predicted molar refractivity (Wildman–Crippen MR) is 85.9 cm³/mol. The molecule has 5 heteroatoms. The molecule has 1 aromatic heterocycles. The zero-order chi connectivity index (χ0) is 16.1. The van der Waals surface area contributed by atoms with E-state index in [1.54, 1.807) is 7.11 Å². The molecule has 0 aliphatic rings. The highest BCUT2D eigenvalue weighted by molar-refractivity contribution is 5.76. The van der Waals surface area contributed by atoms with Gasteiger partial charge in [-0.2, -0.15) is 5.10 Å². The highest BCUT2D eigenvalue weighted by Crippen LogP contribution is 2.15. The van der Waals surface area contributed by atoms with E-state index in [9.17, 15) is 4.79 Å². The van der Waals surface area contributed by atoms with Crippen LogP contribution in [0, 0.1) is 13.8 Å². The standard InChI is InChI=1S/C17H23N3O2/c1-12-8-13(2)20(19-12)14(3)9-17(21)18-11-15-6-5-7-16(10-15)22-4/h5-8,10,14H,9,11H2,1-4H3,(H,18,21). The molecule has 1 unspecified atom stereocenters. The lowest BCUT2D eigenvalue weighted by Gasteiger charge is -2.14. The predicted octanol–water partition coefficient (Wildman–Crippen LogP) is 2.78. The van der Waals surface area contributed by atoms with Gasteiger partial charge in [0.2, 0.25) is 5.91 Å². The summed E-state index contributed by atoms with van der Waals surface area (Å²) < 4.78 is 7.08. The molecule has 2 rings (SSSR count). The third kappa shape index (κ3) is 4.10. The van der Waals surface area contributed by atoms with Gasteiger partial charge in [0.15, 0.2) is 0 Å². The van der Waals surface area contributed by atoms with Gasteiger partial charge in [0.25, 0.3) is 0 Å². The fraction of sp³-hybridized carbons (Fsp3) is 0.412. The van der Waals surface area contributed by atoms with Gasteiger partial charge in [0.05, 0.1) is 18.8 Å². The number of hydrogen-bond donors (Lipinski definition) is 1. The second-order valence-corrected chi connectivity index (χ2v) is 5.55. The number of carbonyl (C=O) groups is 1. The van der Waals surface area contributed by atoms with E-state index in [4.69, 9.17) is 4.74 Å². The van der Waals surface area contributed by atoms with Crippen molar-refractivity contribution in [3.63, 3.8) is 0 Å². The highest BCUT2D eigenvalue weighted by Gasteiger charge is 2.13. The van der Waals surface area contributed by atoms with E-state index in [2.05, 4.69) is 10.4 Å². The number of rotatable bonds is 6. The van der Waals surface area contributed by atoms with Gasteiger partial charge in [-0.25, -0.2) is 0 Å². The Morgan fingerprint density at radius 1 is 1.36 bits per heavy atom. The second kappa shape index (κ2) is 7.11. The van der Waals surface area contributed by atoms with Crippen molar-refractivity contribution < 1.29 is 9.53 Å². The first kappa shape index (κ1) is 16.1. The lowest BCUT2D eigenvalue weighted by atomic mass is 10.2. The maximum absolute atomic E-state index is 12.1. The lowest BCUT2D eigenvalue weighted by Crippen LogP contribution is -2.26. The molecule has 0 aliphatic heterocycles. The number of ether oxygens (including phenoxy) is 1. The molecule has 118 valence electrons. The molecule has 22 heavy (non-hydrogen) atoms. The van der Waals surface area contributed by atoms with Gasteiger partial charge >= 0.3 is 0 Å². The summed E-state index contributed by atoms with van der Waals surface area (Å²) >= 11 is 0. The molecule has 5 nitrogen and oxygen atoms in total. The fourth-order valence-corrected chi connectivity index (χ4v) is 2.50. The van der Waals surface area contributed by atoms with Crippen LogP contribution in [-0.4, -0.2) is 22.8 Å². The van der Waals surface area contributed by atoms with Crippen LogP contribution < -0.4 is 10.1 Å². The van der Waals surface area contributed by atoms with Crippen LogP contribution in [0.5, 0.6) is 5.75 Å².